The molecule has 1 unspecified atom stereocenters. The van der Waals surface area contributed by atoms with Crippen molar-refractivity contribution in [3.63, 3.8) is 0 Å². The van der Waals surface area contributed by atoms with Crippen LogP contribution in [0.15, 0.2) is 10.5 Å². The van der Waals surface area contributed by atoms with Gasteiger partial charge in [-0.1, -0.05) is 47.4 Å². The van der Waals surface area contributed by atoms with E-state index in [2.05, 4.69) is 35.4 Å². The normalized spacial score (nSPS) is 29.3. The fraction of sp³-hybridized carbons (Fsp3) is 0.818. The topological polar surface area (TPSA) is 0 Å². The average molecular weight is 214 g/mol. The minimum atomic E-state index is 0.758. The minimum absolute atomic E-state index is 0.758. The van der Waals surface area contributed by atoms with Gasteiger partial charge in [-0.2, -0.15) is 0 Å². The van der Waals surface area contributed by atoms with Gasteiger partial charge in [0.05, 0.1) is 0 Å². The van der Waals surface area contributed by atoms with E-state index in [1.54, 1.807) is 4.91 Å². The molecule has 0 radical (unpaired) electrons. The van der Waals surface area contributed by atoms with Crippen molar-refractivity contribution in [2.24, 2.45) is 11.8 Å². The maximum Gasteiger partial charge on any atom is 0.0106 e. The molecule has 0 aromatic rings. The lowest BCUT2D eigenvalue weighted by Gasteiger charge is -2.32. The van der Waals surface area contributed by atoms with E-state index in [1.165, 1.54) is 31.4 Å². The first-order valence-corrected chi connectivity index (χ1v) is 7.63. The molecule has 2 rings (SSSR count). The van der Waals surface area contributed by atoms with Gasteiger partial charge in [0.1, 0.15) is 0 Å². The van der Waals surface area contributed by atoms with E-state index >= 15 is 0 Å². The number of allylic oxidation sites excluding steroid dienone is 2. The minimum Gasteiger partial charge on any atom is -0.0886 e. The van der Waals surface area contributed by atoms with Crippen molar-refractivity contribution < 1.29 is 0 Å². The summed E-state index contributed by atoms with van der Waals surface area (Å²) in [6, 6.07) is 0. The predicted octanol–water partition coefficient (Wildman–Crippen LogP) is 4.48. The molecule has 1 aliphatic carbocycles. The predicted molar refractivity (Wildman–Crippen MR) is 63.9 cm³/mol. The summed E-state index contributed by atoms with van der Waals surface area (Å²) < 4.78 is 0. The molecule has 13 heavy (non-hydrogen) atoms. The van der Waals surface area contributed by atoms with Crippen LogP contribution in [0.25, 0.3) is 0 Å². The number of hydrogen-bond acceptors (Lipinski definition) is 2. The Balaban J connectivity index is 2.23. The molecule has 2 aliphatic rings. The van der Waals surface area contributed by atoms with Crippen LogP contribution in [0.2, 0.25) is 0 Å². The highest BCUT2D eigenvalue weighted by atomic mass is 33.1. The van der Waals surface area contributed by atoms with Gasteiger partial charge in [-0.15, -0.1) is 0 Å². The molecule has 0 N–H and O–H groups in total. The summed E-state index contributed by atoms with van der Waals surface area (Å²) in [6.45, 7) is 4.68. The van der Waals surface area contributed by atoms with Gasteiger partial charge in [0.15, 0.2) is 0 Å². The SMILES string of the molecule is CC(C)C1=C2CCCCC2CSS1. The first kappa shape index (κ1) is 9.97. The molecule has 1 heterocycles. The Labute approximate surface area is 89.3 Å². The second-order valence-electron chi connectivity index (χ2n) is 4.35. The molecule has 0 saturated heterocycles. The maximum atomic E-state index is 2.34. The molecule has 2 heteroatoms. The Hall–Kier alpha value is 0.440. The molecule has 0 nitrogen and oxygen atoms in total. The summed E-state index contributed by atoms with van der Waals surface area (Å²) in [5, 5.41) is 0. The molecule has 0 spiro atoms. The second-order valence-corrected chi connectivity index (χ2v) is 6.74. The van der Waals surface area contributed by atoms with E-state index in [9.17, 15) is 0 Å². The zero-order valence-corrected chi connectivity index (χ0v) is 10.1. The molecule has 74 valence electrons. The lowest BCUT2D eigenvalue weighted by molar-refractivity contribution is 0.482. The van der Waals surface area contributed by atoms with Crippen molar-refractivity contribution in [3.05, 3.63) is 10.5 Å². The number of hydrogen-bond donors (Lipinski definition) is 0. The van der Waals surface area contributed by atoms with Crippen LogP contribution in [-0.2, 0) is 0 Å². The lowest BCUT2D eigenvalue weighted by atomic mass is 9.84. The van der Waals surface area contributed by atoms with Crippen LogP contribution in [0, 0.1) is 11.8 Å². The zero-order valence-electron chi connectivity index (χ0n) is 8.51. The first-order valence-electron chi connectivity index (χ1n) is 5.31. The van der Waals surface area contributed by atoms with Gasteiger partial charge in [-0.3, -0.25) is 0 Å². The molecule has 0 amide bonds. The third-order valence-electron chi connectivity index (χ3n) is 3.00. The highest BCUT2D eigenvalue weighted by molar-refractivity contribution is 8.78. The third kappa shape index (κ3) is 2.10. The van der Waals surface area contributed by atoms with Crippen molar-refractivity contribution >= 4 is 21.6 Å². The lowest BCUT2D eigenvalue weighted by Crippen LogP contribution is -2.17. The van der Waals surface area contributed by atoms with Crippen molar-refractivity contribution in [1.82, 2.24) is 0 Å². The maximum absolute atomic E-state index is 2.34. The Kier molecular flexibility index (Phi) is 3.31. The standard InChI is InChI=1S/C11H18S2/c1-8(2)11-10-6-4-3-5-9(10)7-12-13-11/h8-9H,3-7H2,1-2H3. The smallest absolute Gasteiger partial charge is 0.0106 e. The summed E-state index contributed by atoms with van der Waals surface area (Å²) in [6.07, 6.45) is 5.75. The quantitative estimate of drug-likeness (QED) is 0.590. The summed E-state index contributed by atoms with van der Waals surface area (Å²) in [5.74, 6) is 3.07. The second kappa shape index (κ2) is 4.31. The summed E-state index contributed by atoms with van der Waals surface area (Å²) in [5.41, 5.74) is 1.82. The van der Waals surface area contributed by atoms with E-state index in [0.717, 1.165) is 11.8 Å². The summed E-state index contributed by atoms with van der Waals surface area (Å²) in [4.78, 5) is 1.71. The Morgan fingerprint density at radius 2 is 2.15 bits per heavy atom. The van der Waals surface area contributed by atoms with Gasteiger partial charge >= 0.3 is 0 Å². The van der Waals surface area contributed by atoms with Crippen LogP contribution < -0.4 is 0 Å². The summed E-state index contributed by atoms with van der Waals surface area (Å²) in [7, 11) is 4.13. The summed E-state index contributed by atoms with van der Waals surface area (Å²) >= 11 is 0. The van der Waals surface area contributed by atoms with Gasteiger partial charge in [0, 0.05) is 5.75 Å². The average Bonchev–Trinajstić information content (AvgIpc) is 2.17. The van der Waals surface area contributed by atoms with E-state index < -0.39 is 0 Å². The van der Waals surface area contributed by atoms with Crippen LogP contribution in [0.1, 0.15) is 39.5 Å². The number of fused-ring (bicyclic) bond motifs is 1. The van der Waals surface area contributed by atoms with Gasteiger partial charge in [-0.25, -0.2) is 0 Å². The molecule has 1 saturated carbocycles. The van der Waals surface area contributed by atoms with E-state index in [4.69, 9.17) is 0 Å². The van der Waals surface area contributed by atoms with E-state index in [-0.39, 0.29) is 0 Å². The largest absolute Gasteiger partial charge is 0.0886 e. The molecule has 1 fully saturated rings. The molecule has 0 aromatic heterocycles. The van der Waals surface area contributed by atoms with Crippen LogP contribution in [-0.4, -0.2) is 5.75 Å². The van der Waals surface area contributed by atoms with Crippen molar-refractivity contribution in [1.29, 1.82) is 0 Å². The van der Waals surface area contributed by atoms with Gasteiger partial charge in [0.25, 0.3) is 0 Å². The van der Waals surface area contributed by atoms with Crippen LogP contribution in [0.4, 0.5) is 0 Å². The molecular formula is C11H18S2. The highest BCUT2D eigenvalue weighted by Crippen LogP contribution is 2.49. The van der Waals surface area contributed by atoms with E-state index in [0.29, 0.717) is 0 Å². The van der Waals surface area contributed by atoms with Crippen LogP contribution in [0.5, 0.6) is 0 Å². The fourth-order valence-electron chi connectivity index (χ4n) is 2.29. The number of rotatable bonds is 1. The molecule has 0 aromatic carbocycles. The Bertz CT molecular complexity index is 218. The van der Waals surface area contributed by atoms with Gasteiger partial charge < -0.3 is 0 Å². The first-order chi connectivity index (χ1) is 6.29. The highest BCUT2D eigenvalue weighted by Gasteiger charge is 2.27. The Morgan fingerprint density at radius 1 is 1.31 bits per heavy atom. The zero-order chi connectivity index (χ0) is 9.26. The molecule has 0 bridgehead atoms. The van der Waals surface area contributed by atoms with Crippen molar-refractivity contribution in [2.45, 2.75) is 39.5 Å². The molecular weight excluding hydrogens is 196 g/mol. The van der Waals surface area contributed by atoms with Gasteiger partial charge in [-0.05, 0) is 36.0 Å². The molecule has 1 aliphatic heterocycles. The van der Waals surface area contributed by atoms with E-state index in [1.807, 2.05) is 5.57 Å². The molecule has 1 atom stereocenters. The van der Waals surface area contributed by atoms with Crippen LogP contribution >= 0.6 is 21.6 Å². The fourth-order valence-corrected chi connectivity index (χ4v) is 5.56. The van der Waals surface area contributed by atoms with Crippen molar-refractivity contribution in [2.75, 3.05) is 5.75 Å². The third-order valence-corrected chi connectivity index (χ3v) is 5.87. The van der Waals surface area contributed by atoms with Gasteiger partial charge in [0.2, 0.25) is 0 Å². The van der Waals surface area contributed by atoms with Crippen LogP contribution in [0.3, 0.4) is 0 Å². The monoisotopic (exact) mass is 214 g/mol. The van der Waals surface area contributed by atoms with Crippen molar-refractivity contribution in [3.8, 4) is 0 Å². The Morgan fingerprint density at radius 3 is 2.92 bits per heavy atom.